The van der Waals surface area contributed by atoms with Crippen LogP contribution in [0.15, 0.2) is 41.3 Å². The van der Waals surface area contributed by atoms with Crippen LogP contribution in [0.5, 0.6) is 5.75 Å². The summed E-state index contributed by atoms with van der Waals surface area (Å²) >= 11 is 5.87. The summed E-state index contributed by atoms with van der Waals surface area (Å²) in [5, 5.41) is 10.4. The Labute approximate surface area is 160 Å². The molecule has 4 rings (SSSR count). The summed E-state index contributed by atoms with van der Waals surface area (Å²) in [7, 11) is -4.13. The average Bonchev–Trinajstić information content (AvgIpc) is 2.64. The molecule has 144 valence electrons. The van der Waals surface area contributed by atoms with Gasteiger partial charge in [-0.05, 0) is 55.7 Å². The van der Waals surface area contributed by atoms with E-state index in [9.17, 15) is 22.3 Å². The van der Waals surface area contributed by atoms with Crippen molar-refractivity contribution < 1.29 is 27.0 Å². The van der Waals surface area contributed by atoms with Crippen LogP contribution in [0, 0.1) is 17.6 Å². The second kappa shape index (κ2) is 6.43. The standard InChI is InChI=1S/C19H17ClF2O4S/c20-12-1-3-14(4-2-12)27(24,25)19-8-7-13(23)9-11(19)10-26-18-16(22)6-5-15(21)17(18)19/h1-6,11,13,23H,7-10H2/t11-,13?,19+/m0/s1. The van der Waals surface area contributed by atoms with Crippen LogP contribution in [0.4, 0.5) is 8.78 Å². The summed E-state index contributed by atoms with van der Waals surface area (Å²) in [6.45, 7) is -0.114. The first-order valence-electron chi connectivity index (χ1n) is 8.57. The van der Waals surface area contributed by atoms with Gasteiger partial charge < -0.3 is 9.84 Å². The zero-order chi connectivity index (χ0) is 19.4. The number of halogens is 3. The lowest BCUT2D eigenvalue weighted by molar-refractivity contribution is 0.0395. The van der Waals surface area contributed by atoms with Crippen molar-refractivity contribution in [2.24, 2.45) is 5.92 Å². The molecule has 0 aromatic heterocycles. The number of hydrogen-bond donors (Lipinski definition) is 1. The van der Waals surface area contributed by atoms with Gasteiger partial charge in [0.25, 0.3) is 0 Å². The maximum absolute atomic E-state index is 14.9. The van der Waals surface area contributed by atoms with Crippen LogP contribution < -0.4 is 4.74 Å². The van der Waals surface area contributed by atoms with E-state index in [-0.39, 0.29) is 42.1 Å². The van der Waals surface area contributed by atoms with Gasteiger partial charge in [-0.3, -0.25) is 0 Å². The van der Waals surface area contributed by atoms with Gasteiger partial charge in [-0.1, -0.05) is 11.6 Å². The minimum atomic E-state index is -4.13. The van der Waals surface area contributed by atoms with E-state index in [1.54, 1.807) is 0 Å². The number of benzene rings is 2. The lowest BCUT2D eigenvalue weighted by Crippen LogP contribution is -2.53. The van der Waals surface area contributed by atoms with Gasteiger partial charge in [0.2, 0.25) is 0 Å². The molecule has 0 bridgehead atoms. The molecule has 1 aliphatic heterocycles. The van der Waals surface area contributed by atoms with E-state index in [0.29, 0.717) is 5.02 Å². The number of ether oxygens (including phenoxy) is 1. The molecule has 1 unspecified atom stereocenters. The number of sulfone groups is 1. The second-order valence-corrected chi connectivity index (χ2v) is 9.66. The summed E-state index contributed by atoms with van der Waals surface area (Å²) in [6, 6.07) is 7.46. The minimum Gasteiger partial charge on any atom is -0.490 e. The lowest BCUT2D eigenvalue weighted by Gasteiger charge is -2.48. The van der Waals surface area contributed by atoms with E-state index < -0.39 is 38.2 Å². The molecule has 1 heterocycles. The SMILES string of the molecule is O=S(=O)(c1ccc(Cl)cc1)[C@]12CCC(O)C[C@H]1COc1c(F)ccc(F)c12. The van der Waals surface area contributed by atoms with Crippen LogP contribution in [-0.4, -0.2) is 26.2 Å². The number of fused-ring (bicyclic) bond motifs is 3. The Morgan fingerprint density at radius 1 is 1.11 bits per heavy atom. The minimum absolute atomic E-state index is 0.0233. The highest BCUT2D eigenvalue weighted by Crippen LogP contribution is 2.56. The first-order chi connectivity index (χ1) is 12.8. The Morgan fingerprint density at radius 3 is 2.48 bits per heavy atom. The van der Waals surface area contributed by atoms with Crippen molar-refractivity contribution >= 4 is 21.4 Å². The van der Waals surface area contributed by atoms with E-state index in [1.165, 1.54) is 24.3 Å². The molecule has 1 aliphatic carbocycles. The van der Waals surface area contributed by atoms with Crippen molar-refractivity contribution in [3.05, 3.63) is 58.6 Å². The molecular weight excluding hydrogens is 398 g/mol. The molecule has 8 heteroatoms. The molecular formula is C19H17ClF2O4S. The smallest absolute Gasteiger partial charge is 0.188 e. The predicted molar refractivity (Wildman–Crippen MR) is 95.5 cm³/mol. The number of rotatable bonds is 2. The fraction of sp³-hybridized carbons (Fsp3) is 0.368. The highest BCUT2D eigenvalue weighted by Gasteiger charge is 2.59. The van der Waals surface area contributed by atoms with Crippen LogP contribution in [0.2, 0.25) is 5.02 Å². The maximum Gasteiger partial charge on any atom is 0.188 e. The highest BCUT2D eigenvalue weighted by molar-refractivity contribution is 7.92. The van der Waals surface area contributed by atoms with Gasteiger partial charge in [-0.15, -0.1) is 0 Å². The second-order valence-electron chi connectivity index (χ2n) is 7.02. The molecule has 2 aromatic carbocycles. The molecule has 0 spiro atoms. The van der Waals surface area contributed by atoms with Gasteiger partial charge >= 0.3 is 0 Å². The van der Waals surface area contributed by atoms with Crippen LogP contribution in [-0.2, 0) is 14.6 Å². The number of hydrogen-bond acceptors (Lipinski definition) is 4. The van der Waals surface area contributed by atoms with Gasteiger partial charge in [0.15, 0.2) is 21.4 Å². The molecule has 0 saturated heterocycles. The largest absolute Gasteiger partial charge is 0.490 e. The van der Waals surface area contributed by atoms with Crippen LogP contribution in [0.3, 0.4) is 0 Å². The van der Waals surface area contributed by atoms with E-state index in [0.717, 1.165) is 12.1 Å². The zero-order valence-electron chi connectivity index (χ0n) is 14.2. The number of aliphatic hydroxyl groups is 1. The average molecular weight is 415 g/mol. The third-order valence-corrected chi connectivity index (χ3v) is 8.42. The predicted octanol–water partition coefficient (Wildman–Crippen LogP) is 3.84. The summed E-state index contributed by atoms with van der Waals surface area (Å²) in [4.78, 5) is -0.0233. The van der Waals surface area contributed by atoms with Gasteiger partial charge in [0.1, 0.15) is 10.6 Å². The Bertz CT molecular complexity index is 994. The van der Waals surface area contributed by atoms with E-state index >= 15 is 0 Å². The van der Waals surface area contributed by atoms with E-state index in [2.05, 4.69) is 0 Å². The van der Waals surface area contributed by atoms with Crippen LogP contribution in [0.25, 0.3) is 0 Å². The zero-order valence-corrected chi connectivity index (χ0v) is 15.7. The first kappa shape index (κ1) is 18.7. The van der Waals surface area contributed by atoms with Gasteiger partial charge in [0, 0.05) is 10.9 Å². The molecule has 1 fully saturated rings. The fourth-order valence-corrected chi connectivity index (χ4v) is 6.81. The van der Waals surface area contributed by atoms with Crippen molar-refractivity contribution in [2.75, 3.05) is 6.61 Å². The van der Waals surface area contributed by atoms with Crippen molar-refractivity contribution in [3.63, 3.8) is 0 Å². The Balaban J connectivity index is 2.02. The molecule has 1 saturated carbocycles. The quantitative estimate of drug-likeness (QED) is 0.811. The molecule has 27 heavy (non-hydrogen) atoms. The van der Waals surface area contributed by atoms with Crippen molar-refractivity contribution in [1.82, 2.24) is 0 Å². The van der Waals surface area contributed by atoms with E-state index in [1.807, 2.05) is 0 Å². The monoisotopic (exact) mass is 414 g/mol. The molecule has 2 aromatic rings. The lowest BCUT2D eigenvalue weighted by atomic mass is 9.72. The Kier molecular flexibility index (Phi) is 4.44. The first-order valence-corrected chi connectivity index (χ1v) is 10.4. The summed E-state index contributed by atoms with van der Waals surface area (Å²) in [5.41, 5.74) is -0.277. The molecule has 0 radical (unpaired) electrons. The Hall–Kier alpha value is -1.70. The molecule has 4 nitrogen and oxygen atoms in total. The topological polar surface area (TPSA) is 63.6 Å². The van der Waals surface area contributed by atoms with Gasteiger partial charge in [0.05, 0.1) is 23.2 Å². The van der Waals surface area contributed by atoms with Crippen LogP contribution in [0.1, 0.15) is 24.8 Å². The summed E-state index contributed by atoms with van der Waals surface area (Å²) < 4.78 is 60.4. The maximum atomic E-state index is 14.9. The fourth-order valence-electron chi connectivity index (χ4n) is 4.32. The third-order valence-electron chi connectivity index (χ3n) is 5.58. The van der Waals surface area contributed by atoms with Gasteiger partial charge in [-0.25, -0.2) is 17.2 Å². The van der Waals surface area contributed by atoms with Crippen molar-refractivity contribution in [2.45, 2.75) is 35.0 Å². The van der Waals surface area contributed by atoms with Crippen molar-refractivity contribution in [1.29, 1.82) is 0 Å². The Morgan fingerprint density at radius 2 is 1.78 bits per heavy atom. The van der Waals surface area contributed by atoms with Crippen LogP contribution >= 0.6 is 11.6 Å². The molecule has 2 aliphatic rings. The van der Waals surface area contributed by atoms with Crippen molar-refractivity contribution in [3.8, 4) is 5.75 Å². The molecule has 0 amide bonds. The molecule has 1 N–H and O–H groups in total. The van der Waals surface area contributed by atoms with Gasteiger partial charge in [-0.2, -0.15) is 0 Å². The third kappa shape index (κ3) is 2.67. The highest BCUT2D eigenvalue weighted by atomic mass is 35.5. The number of aliphatic hydroxyl groups excluding tert-OH is 1. The van der Waals surface area contributed by atoms with E-state index in [4.69, 9.17) is 16.3 Å². The summed E-state index contributed by atoms with van der Waals surface area (Å²) in [6.07, 6.45) is -0.452. The normalized spacial score (nSPS) is 27.4. The summed E-state index contributed by atoms with van der Waals surface area (Å²) in [5.74, 6) is -2.70. The molecule has 3 atom stereocenters.